The van der Waals surface area contributed by atoms with Crippen molar-refractivity contribution in [3.05, 3.63) is 53.7 Å². The number of hydrogen-bond acceptors (Lipinski definition) is 6. The van der Waals surface area contributed by atoms with Gasteiger partial charge in [0.25, 0.3) is 0 Å². The fourth-order valence-corrected chi connectivity index (χ4v) is 4.80. The Kier molecular flexibility index (Phi) is 10.2. The highest BCUT2D eigenvalue weighted by atomic mass is 19.4. The standard InChI is InChI=1S/C30H39F3N4O3/c1-7-9-10-24(21-18-37(19-21)28(38)40-29(3,4)5)26-25(20(8-2)17-34-6)15-16-35-27(26)36-22-11-13-23(14-12-22)39-30(31,32)33/h8,11-17,21,24H,7,9-10,18-19H2,1-6H3,(H,35,36)/b20-8+,34-17?. The smallest absolute Gasteiger partial charge is 0.444 e. The Morgan fingerprint density at radius 1 is 1.20 bits per heavy atom. The average molecular weight is 561 g/mol. The average Bonchev–Trinajstić information content (AvgIpc) is 2.83. The number of amides is 1. The van der Waals surface area contributed by atoms with Gasteiger partial charge in [-0.1, -0.05) is 25.8 Å². The second-order valence-corrected chi connectivity index (χ2v) is 10.8. The molecule has 40 heavy (non-hydrogen) atoms. The molecular formula is C30H39F3N4O3. The molecule has 1 amide bonds. The highest BCUT2D eigenvalue weighted by Gasteiger charge is 2.40. The number of likely N-dealkylation sites (tertiary alicyclic amines) is 1. The Labute approximate surface area is 234 Å². The summed E-state index contributed by atoms with van der Waals surface area (Å²) in [7, 11) is 1.72. The lowest BCUT2D eigenvalue weighted by atomic mass is 9.76. The van der Waals surface area contributed by atoms with E-state index in [1.807, 2.05) is 39.8 Å². The second kappa shape index (κ2) is 13.2. The molecule has 1 aliphatic heterocycles. The third kappa shape index (κ3) is 8.47. The number of carbonyl (C=O) groups excluding carboxylic acids is 1. The molecule has 1 fully saturated rings. The molecule has 0 aliphatic carbocycles. The molecule has 0 bridgehead atoms. The monoisotopic (exact) mass is 560 g/mol. The van der Waals surface area contributed by atoms with Crippen molar-refractivity contribution in [1.29, 1.82) is 0 Å². The summed E-state index contributed by atoms with van der Waals surface area (Å²) in [6.45, 7) is 10.8. The zero-order chi connectivity index (χ0) is 29.5. The second-order valence-electron chi connectivity index (χ2n) is 10.8. The molecule has 1 aromatic carbocycles. The molecule has 1 saturated heterocycles. The Morgan fingerprint density at radius 2 is 1.88 bits per heavy atom. The quantitative estimate of drug-likeness (QED) is 0.298. The molecule has 218 valence electrons. The minimum Gasteiger partial charge on any atom is -0.444 e. The van der Waals surface area contributed by atoms with Gasteiger partial charge in [0.05, 0.1) is 0 Å². The van der Waals surface area contributed by atoms with Gasteiger partial charge in [0.15, 0.2) is 0 Å². The van der Waals surface area contributed by atoms with Gasteiger partial charge < -0.3 is 19.7 Å². The van der Waals surface area contributed by atoms with Gasteiger partial charge in [-0.3, -0.25) is 4.99 Å². The molecule has 3 rings (SSSR count). The van der Waals surface area contributed by atoms with E-state index in [-0.39, 0.29) is 23.7 Å². The summed E-state index contributed by atoms with van der Waals surface area (Å²) >= 11 is 0. The number of benzene rings is 1. The van der Waals surface area contributed by atoms with Gasteiger partial charge in [0.1, 0.15) is 17.2 Å². The van der Waals surface area contributed by atoms with Crippen LogP contribution in [0.15, 0.2) is 47.6 Å². The number of hydrogen-bond donors (Lipinski definition) is 1. The Bertz CT molecular complexity index is 1200. The lowest BCUT2D eigenvalue weighted by molar-refractivity contribution is -0.274. The van der Waals surface area contributed by atoms with E-state index in [1.54, 1.807) is 24.4 Å². The molecule has 1 atom stereocenters. The van der Waals surface area contributed by atoms with E-state index in [0.29, 0.717) is 24.6 Å². The van der Waals surface area contributed by atoms with Gasteiger partial charge in [0, 0.05) is 49.7 Å². The topological polar surface area (TPSA) is 76.1 Å². The maximum atomic E-state index is 12.7. The first-order valence-corrected chi connectivity index (χ1v) is 13.5. The first kappa shape index (κ1) is 31.0. The lowest BCUT2D eigenvalue weighted by Crippen LogP contribution is -2.53. The van der Waals surface area contributed by atoms with Crippen LogP contribution in [0.4, 0.5) is 29.5 Å². The van der Waals surface area contributed by atoms with Crippen molar-refractivity contribution in [3.8, 4) is 5.75 Å². The van der Waals surface area contributed by atoms with Crippen LogP contribution in [0.5, 0.6) is 5.75 Å². The van der Waals surface area contributed by atoms with E-state index < -0.39 is 12.0 Å². The number of ether oxygens (including phenoxy) is 2. The van der Waals surface area contributed by atoms with Gasteiger partial charge in [-0.05, 0) is 81.5 Å². The van der Waals surface area contributed by atoms with Crippen LogP contribution in [0, 0.1) is 5.92 Å². The number of rotatable bonds is 10. The van der Waals surface area contributed by atoms with E-state index in [0.717, 1.165) is 36.0 Å². The molecule has 2 heterocycles. The van der Waals surface area contributed by atoms with Crippen molar-refractivity contribution in [2.75, 3.05) is 25.5 Å². The van der Waals surface area contributed by atoms with Crippen molar-refractivity contribution in [2.24, 2.45) is 10.9 Å². The molecule has 0 radical (unpaired) electrons. The van der Waals surface area contributed by atoms with Crippen LogP contribution < -0.4 is 10.1 Å². The fourth-order valence-electron chi connectivity index (χ4n) is 4.80. The first-order valence-electron chi connectivity index (χ1n) is 13.5. The first-order chi connectivity index (χ1) is 18.8. The van der Waals surface area contributed by atoms with Crippen molar-refractivity contribution < 1.29 is 27.4 Å². The van der Waals surface area contributed by atoms with Crippen LogP contribution in [-0.4, -0.2) is 54.3 Å². The Hall–Kier alpha value is -3.56. The highest BCUT2D eigenvalue weighted by molar-refractivity contribution is 6.10. The summed E-state index contributed by atoms with van der Waals surface area (Å²) in [4.78, 5) is 23.3. The van der Waals surface area contributed by atoms with Crippen LogP contribution in [0.25, 0.3) is 5.57 Å². The zero-order valence-corrected chi connectivity index (χ0v) is 24.0. The summed E-state index contributed by atoms with van der Waals surface area (Å²) in [5, 5.41) is 3.32. The van der Waals surface area contributed by atoms with E-state index in [9.17, 15) is 18.0 Å². The molecule has 2 aromatic rings. The number of alkyl halides is 3. The van der Waals surface area contributed by atoms with Gasteiger partial charge >= 0.3 is 12.5 Å². The Balaban J connectivity index is 1.99. The van der Waals surface area contributed by atoms with Crippen molar-refractivity contribution >= 4 is 29.4 Å². The van der Waals surface area contributed by atoms with Crippen LogP contribution >= 0.6 is 0 Å². The summed E-state index contributed by atoms with van der Waals surface area (Å²) in [6, 6.07) is 7.54. The van der Waals surface area contributed by atoms with E-state index in [4.69, 9.17) is 4.74 Å². The molecule has 7 nitrogen and oxygen atoms in total. The summed E-state index contributed by atoms with van der Waals surface area (Å²) in [6.07, 6.45) is 3.29. The number of nitrogens with one attached hydrogen (secondary N) is 1. The number of anilines is 2. The van der Waals surface area contributed by atoms with Crippen molar-refractivity contribution in [3.63, 3.8) is 0 Å². The molecule has 0 saturated carbocycles. The van der Waals surface area contributed by atoms with Crippen LogP contribution in [0.2, 0.25) is 0 Å². The highest BCUT2D eigenvalue weighted by Crippen LogP contribution is 2.43. The Morgan fingerprint density at radius 3 is 2.42 bits per heavy atom. The molecule has 1 aromatic heterocycles. The molecular weight excluding hydrogens is 521 g/mol. The number of halogens is 3. The number of aliphatic imine (C=N–C) groups is 1. The summed E-state index contributed by atoms with van der Waals surface area (Å²) in [5.41, 5.74) is 2.90. The molecule has 1 unspecified atom stereocenters. The zero-order valence-electron chi connectivity index (χ0n) is 24.0. The number of unbranched alkanes of at least 4 members (excludes halogenated alkanes) is 1. The maximum Gasteiger partial charge on any atom is 0.573 e. The third-order valence-electron chi connectivity index (χ3n) is 6.60. The van der Waals surface area contributed by atoms with Gasteiger partial charge in [-0.25, -0.2) is 9.78 Å². The largest absolute Gasteiger partial charge is 0.573 e. The minimum absolute atomic E-state index is 0.0675. The minimum atomic E-state index is -4.76. The normalized spacial score (nSPS) is 15.6. The summed E-state index contributed by atoms with van der Waals surface area (Å²) in [5.74, 6) is 0.565. The maximum absolute atomic E-state index is 12.7. The fraction of sp³-hybridized carbons (Fsp3) is 0.500. The summed E-state index contributed by atoms with van der Waals surface area (Å²) < 4.78 is 47.5. The number of aromatic nitrogens is 1. The molecule has 10 heteroatoms. The number of allylic oxidation sites excluding steroid dienone is 2. The predicted octanol–water partition coefficient (Wildman–Crippen LogP) is 7.97. The van der Waals surface area contributed by atoms with Gasteiger partial charge in [-0.2, -0.15) is 0 Å². The predicted molar refractivity (Wildman–Crippen MR) is 152 cm³/mol. The molecule has 1 N–H and O–H groups in total. The van der Waals surface area contributed by atoms with E-state index in [1.165, 1.54) is 24.3 Å². The van der Waals surface area contributed by atoms with Crippen LogP contribution in [0.3, 0.4) is 0 Å². The van der Waals surface area contributed by atoms with E-state index in [2.05, 4.69) is 27.0 Å². The third-order valence-corrected chi connectivity index (χ3v) is 6.60. The van der Waals surface area contributed by atoms with Crippen molar-refractivity contribution in [1.82, 2.24) is 9.88 Å². The number of pyridine rings is 1. The van der Waals surface area contributed by atoms with Crippen molar-refractivity contribution in [2.45, 2.75) is 71.8 Å². The van der Waals surface area contributed by atoms with E-state index >= 15 is 0 Å². The van der Waals surface area contributed by atoms with Crippen LogP contribution in [-0.2, 0) is 4.74 Å². The number of carbonyl (C=O) groups is 1. The molecule has 0 spiro atoms. The number of nitrogens with zero attached hydrogens (tertiary/aromatic N) is 3. The van der Waals surface area contributed by atoms with Crippen LogP contribution in [0.1, 0.15) is 70.9 Å². The SMILES string of the molecule is C/C=C(\C=NC)c1ccnc(Nc2ccc(OC(F)(F)F)cc2)c1C(CCCC)C1CN(C(=O)OC(C)(C)C)C1. The molecule has 1 aliphatic rings. The van der Waals surface area contributed by atoms with Gasteiger partial charge in [0.2, 0.25) is 0 Å². The van der Waals surface area contributed by atoms with Gasteiger partial charge in [-0.15, -0.1) is 13.2 Å². The lowest BCUT2D eigenvalue weighted by Gasteiger charge is -2.44.